The molecule has 0 saturated carbocycles. The van der Waals surface area contributed by atoms with Crippen molar-refractivity contribution in [1.29, 1.82) is 0 Å². The van der Waals surface area contributed by atoms with Gasteiger partial charge in [0, 0.05) is 38.4 Å². The van der Waals surface area contributed by atoms with Gasteiger partial charge in [0.15, 0.2) is 0 Å². The van der Waals surface area contributed by atoms with Gasteiger partial charge in [0.1, 0.15) is 11.5 Å². The van der Waals surface area contributed by atoms with Crippen LogP contribution in [0.1, 0.15) is 23.1 Å². The molecular weight excluding hydrogens is 302 g/mol. The summed E-state index contributed by atoms with van der Waals surface area (Å²) in [6.45, 7) is 1.54. The maximum atomic E-state index is 8.87. The maximum absolute atomic E-state index is 8.87. The van der Waals surface area contributed by atoms with Crippen LogP contribution in [0.5, 0.6) is 11.5 Å². The van der Waals surface area contributed by atoms with Crippen LogP contribution in [0.15, 0.2) is 48.7 Å². The van der Waals surface area contributed by atoms with Crippen LogP contribution in [0.25, 0.3) is 5.57 Å². The molecule has 3 rings (SSSR count). The SMILES string of the molecule is COc1ccc(C2=CN(C)Cc3cc(OCCCO)ccc32)cc1. The molecule has 1 aliphatic heterocycles. The standard InChI is InChI=1S/C20H23NO3/c1-21-13-16-12-18(24-11-3-10-22)8-9-19(16)20(14-21)15-4-6-17(23-2)7-5-15/h4-9,12,14,22H,3,10-11,13H2,1-2H3. The van der Waals surface area contributed by atoms with E-state index in [1.165, 1.54) is 16.7 Å². The number of aliphatic hydroxyl groups is 1. The van der Waals surface area contributed by atoms with Crippen molar-refractivity contribution in [2.75, 3.05) is 27.4 Å². The topological polar surface area (TPSA) is 41.9 Å². The molecule has 0 spiro atoms. The van der Waals surface area contributed by atoms with Crippen LogP contribution in [0.4, 0.5) is 0 Å². The van der Waals surface area contributed by atoms with Crippen molar-refractivity contribution in [2.24, 2.45) is 0 Å². The molecule has 0 fully saturated rings. The highest BCUT2D eigenvalue weighted by molar-refractivity contribution is 5.82. The summed E-state index contributed by atoms with van der Waals surface area (Å²) in [4.78, 5) is 2.18. The van der Waals surface area contributed by atoms with Gasteiger partial charge < -0.3 is 19.5 Å². The second-order valence-corrected chi connectivity index (χ2v) is 5.93. The monoisotopic (exact) mass is 325 g/mol. The summed E-state index contributed by atoms with van der Waals surface area (Å²) in [6.07, 6.45) is 2.82. The number of aliphatic hydroxyl groups excluding tert-OH is 1. The number of hydrogen-bond acceptors (Lipinski definition) is 4. The normalized spacial score (nSPS) is 13.3. The van der Waals surface area contributed by atoms with Gasteiger partial charge in [-0.3, -0.25) is 0 Å². The average Bonchev–Trinajstić information content (AvgIpc) is 2.61. The fourth-order valence-corrected chi connectivity index (χ4v) is 2.91. The Morgan fingerprint density at radius 2 is 1.83 bits per heavy atom. The van der Waals surface area contributed by atoms with Crippen molar-refractivity contribution in [2.45, 2.75) is 13.0 Å². The zero-order chi connectivity index (χ0) is 16.9. The van der Waals surface area contributed by atoms with Gasteiger partial charge >= 0.3 is 0 Å². The minimum Gasteiger partial charge on any atom is -0.497 e. The van der Waals surface area contributed by atoms with Crippen molar-refractivity contribution in [3.05, 3.63) is 65.4 Å². The number of rotatable bonds is 6. The largest absolute Gasteiger partial charge is 0.497 e. The second-order valence-electron chi connectivity index (χ2n) is 5.93. The first-order valence-corrected chi connectivity index (χ1v) is 8.14. The third-order valence-electron chi connectivity index (χ3n) is 4.11. The summed E-state index contributed by atoms with van der Waals surface area (Å²) in [5, 5.41) is 8.87. The lowest BCUT2D eigenvalue weighted by atomic mass is 9.91. The van der Waals surface area contributed by atoms with Crippen LogP contribution in [0.2, 0.25) is 0 Å². The van der Waals surface area contributed by atoms with Gasteiger partial charge in [-0.2, -0.15) is 0 Å². The molecule has 1 N–H and O–H groups in total. The highest BCUT2D eigenvalue weighted by Crippen LogP contribution is 2.34. The van der Waals surface area contributed by atoms with Crippen LogP contribution < -0.4 is 9.47 Å². The Bertz CT molecular complexity index is 722. The number of fused-ring (bicyclic) bond motifs is 1. The highest BCUT2D eigenvalue weighted by Gasteiger charge is 2.17. The van der Waals surface area contributed by atoms with E-state index in [-0.39, 0.29) is 6.61 Å². The smallest absolute Gasteiger partial charge is 0.119 e. The number of nitrogens with zero attached hydrogens (tertiary/aromatic N) is 1. The summed E-state index contributed by atoms with van der Waals surface area (Å²) >= 11 is 0. The summed E-state index contributed by atoms with van der Waals surface area (Å²) in [5.74, 6) is 1.71. The molecule has 2 aromatic carbocycles. The van der Waals surface area contributed by atoms with Gasteiger partial charge in [0.2, 0.25) is 0 Å². The molecule has 1 aliphatic rings. The number of benzene rings is 2. The maximum Gasteiger partial charge on any atom is 0.119 e. The van der Waals surface area contributed by atoms with Crippen LogP contribution >= 0.6 is 0 Å². The summed E-state index contributed by atoms with van der Waals surface area (Å²) < 4.78 is 10.9. The van der Waals surface area contributed by atoms with Crippen LogP contribution in [0.3, 0.4) is 0 Å². The van der Waals surface area contributed by atoms with Gasteiger partial charge in [-0.1, -0.05) is 18.2 Å². The van der Waals surface area contributed by atoms with E-state index < -0.39 is 0 Å². The van der Waals surface area contributed by atoms with Crippen molar-refractivity contribution in [3.8, 4) is 11.5 Å². The van der Waals surface area contributed by atoms with Crippen molar-refractivity contribution < 1.29 is 14.6 Å². The van der Waals surface area contributed by atoms with E-state index in [0.717, 1.165) is 23.6 Å². The van der Waals surface area contributed by atoms with E-state index in [0.29, 0.717) is 13.0 Å². The molecule has 126 valence electrons. The minimum atomic E-state index is 0.151. The molecule has 0 atom stereocenters. The van der Waals surface area contributed by atoms with Gasteiger partial charge in [-0.05, 0) is 41.0 Å². The van der Waals surface area contributed by atoms with E-state index in [4.69, 9.17) is 14.6 Å². The quantitative estimate of drug-likeness (QED) is 0.828. The Kier molecular flexibility index (Phi) is 5.06. The van der Waals surface area contributed by atoms with Gasteiger partial charge in [0.05, 0.1) is 13.7 Å². The molecule has 0 bridgehead atoms. The third kappa shape index (κ3) is 3.54. The van der Waals surface area contributed by atoms with Gasteiger partial charge in [0.25, 0.3) is 0 Å². The Balaban J connectivity index is 1.89. The summed E-state index contributed by atoms with van der Waals surface area (Å²) in [6, 6.07) is 14.3. The zero-order valence-electron chi connectivity index (χ0n) is 14.2. The Labute approximate surface area is 142 Å². The van der Waals surface area contributed by atoms with Crippen LogP contribution in [-0.4, -0.2) is 37.4 Å². The van der Waals surface area contributed by atoms with Gasteiger partial charge in [-0.25, -0.2) is 0 Å². The Morgan fingerprint density at radius 1 is 1.08 bits per heavy atom. The molecule has 0 aromatic heterocycles. The molecule has 1 heterocycles. The van der Waals surface area contributed by atoms with E-state index in [1.54, 1.807) is 7.11 Å². The number of hydrogen-bond donors (Lipinski definition) is 1. The van der Waals surface area contributed by atoms with E-state index >= 15 is 0 Å². The van der Waals surface area contributed by atoms with Crippen LogP contribution in [0, 0.1) is 0 Å². The molecule has 0 amide bonds. The highest BCUT2D eigenvalue weighted by atomic mass is 16.5. The summed E-state index contributed by atoms with van der Waals surface area (Å²) in [5.41, 5.74) is 4.83. The van der Waals surface area contributed by atoms with E-state index in [2.05, 4.69) is 42.4 Å². The first-order chi connectivity index (χ1) is 11.7. The molecule has 0 unspecified atom stereocenters. The third-order valence-corrected chi connectivity index (χ3v) is 4.11. The molecular formula is C20H23NO3. The second kappa shape index (κ2) is 7.41. The Morgan fingerprint density at radius 3 is 2.54 bits per heavy atom. The lowest BCUT2D eigenvalue weighted by molar-refractivity contribution is 0.233. The molecule has 0 saturated heterocycles. The van der Waals surface area contributed by atoms with Gasteiger partial charge in [-0.15, -0.1) is 0 Å². The Hall–Kier alpha value is -2.46. The summed E-state index contributed by atoms with van der Waals surface area (Å²) in [7, 11) is 3.75. The number of ether oxygens (including phenoxy) is 2. The molecule has 24 heavy (non-hydrogen) atoms. The van der Waals surface area contributed by atoms with Crippen molar-refractivity contribution in [1.82, 2.24) is 4.90 Å². The minimum absolute atomic E-state index is 0.151. The molecule has 0 aliphatic carbocycles. The molecule has 4 heteroatoms. The predicted molar refractivity (Wildman–Crippen MR) is 95.2 cm³/mol. The molecule has 2 aromatic rings. The molecule has 4 nitrogen and oxygen atoms in total. The van der Waals surface area contributed by atoms with Crippen molar-refractivity contribution in [3.63, 3.8) is 0 Å². The number of methoxy groups -OCH3 is 1. The van der Waals surface area contributed by atoms with E-state index in [9.17, 15) is 0 Å². The predicted octanol–water partition coefficient (Wildman–Crippen LogP) is 3.29. The zero-order valence-corrected chi connectivity index (χ0v) is 14.2. The molecule has 0 radical (unpaired) electrons. The van der Waals surface area contributed by atoms with E-state index in [1.807, 2.05) is 18.2 Å². The fraction of sp³-hybridized carbons (Fsp3) is 0.300. The lowest BCUT2D eigenvalue weighted by Gasteiger charge is -2.26. The van der Waals surface area contributed by atoms with Crippen LogP contribution in [-0.2, 0) is 6.54 Å². The van der Waals surface area contributed by atoms with Crippen molar-refractivity contribution >= 4 is 5.57 Å². The fourth-order valence-electron chi connectivity index (χ4n) is 2.91. The first-order valence-electron chi connectivity index (χ1n) is 8.14. The first kappa shape index (κ1) is 16.4. The lowest BCUT2D eigenvalue weighted by Crippen LogP contribution is -2.17. The average molecular weight is 325 g/mol.